The van der Waals surface area contributed by atoms with E-state index in [4.69, 9.17) is 11.2 Å². The average Bonchev–Trinajstić information content (AvgIpc) is 2.56. The fourth-order valence-electron chi connectivity index (χ4n) is 2.62. The first kappa shape index (κ1) is 13.5. The van der Waals surface area contributed by atoms with E-state index in [2.05, 4.69) is 18.2 Å². The molecule has 1 rings (SSSR count). The fourth-order valence-corrected chi connectivity index (χ4v) is 2.62. The van der Waals surface area contributed by atoms with Gasteiger partial charge in [-0.3, -0.25) is 0 Å². The summed E-state index contributed by atoms with van der Waals surface area (Å²) in [5.74, 6) is 2.89. The van der Waals surface area contributed by atoms with Crippen molar-refractivity contribution in [3.63, 3.8) is 0 Å². The van der Waals surface area contributed by atoms with Gasteiger partial charge in [0.15, 0.2) is 0 Å². The lowest BCUT2D eigenvalue weighted by molar-refractivity contribution is -0.0383. The van der Waals surface area contributed by atoms with Crippen LogP contribution in [0.15, 0.2) is 0 Å². The molecule has 0 aromatic carbocycles. The Morgan fingerprint density at radius 2 is 1.94 bits per heavy atom. The van der Waals surface area contributed by atoms with Gasteiger partial charge in [0, 0.05) is 7.11 Å². The van der Waals surface area contributed by atoms with Crippen LogP contribution in [-0.4, -0.2) is 25.3 Å². The molecular weight excluding hydrogens is 198 g/mol. The normalized spacial score (nSPS) is 22.1. The summed E-state index contributed by atoms with van der Waals surface area (Å²) in [6.45, 7) is 3.13. The first-order valence-corrected chi connectivity index (χ1v) is 6.53. The number of rotatable bonds is 5. The lowest BCUT2D eigenvalue weighted by atomic mass is 9.86. The average molecular weight is 223 g/mol. The van der Waals surface area contributed by atoms with Crippen LogP contribution in [0.25, 0.3) is 0 Å². The van der Waals surface area contributed by atoms with Crippen LogP contribution in [0.4, 0.5) is 0 Å². The lowest BCUT2D eigenvalue weighted by Gasteiger charge is -2.37. The Kier molecular flexibility index (Phi) is 5.87. The molecule has 0 bridgehead atoms. The Bertz CT molecular complexity index is 223. The number of hydrogen-bond donors (Lipinski definition) is 1. The molecule has 16 heavy (non-hydrogen) atoms. The van der Waals surface area contributed by atoms with Gasteiger partial charge in [-0.1, -0.05) is 38.5 Å². The van der Waals surface area contributed by atoms with Gasteiger partial charge >= 0.3 is 0 Å². The molecule has 0 aliphatic heterocycles. The molecule has 0 radical (unpaired) electrons. The molecule has 1 aliphatic rings. The number of methoxy groups -OCH3 is 1. The molecule has 1 aliphatic carbocycles. The van der Waals surface area contributed by atoms with E-state index in [1.54, 1.807) is 0 Å². The minimum atomic E-state index is -0.125. The van der Waals surface area contributed by atoms with Gasteiger partial charge in [0.05, 0.1) is 11.6 Å². The third-order valence-corrected chi connectivity index (χ3v) is 3.65. The van der Waals surface area contributed by atoms with Gasteiger partial charge < -0.3 is 10.1 Å². The van der Waals surface area contributed by atoms with Crippen LogP contribution in [0.5, 0.6) is 0 Å². The van der Waals surface area contributed by atoms with E-state index in [1.165, 1.54) is 25.7 Å². The highest BCUT2D eigenvalue weighted by Gasteiger charge is 2.37. The summed E-state index contributed by atoms with van der Waals surface area (Å²) in [4.78, 5) is 0. The van der Waals surface area contributed by atoms with E-state index < -0.39 is 0 Å². The predicted octanol–water partition coefficient (Wildman–Crippen LogP) is 2.73. The topological polar surface area (TPSA) is 21.3 Å². The van der Waals surface area contributed by atoms with Gasteiger partial charge in [-0.25, -0.2) is 0 Å². The predicted molar refractivity (Wildman–Crippen MR) is 68.4 cm³/mol. The maximum atomic E-state index is 5.80. The minimum absolute atomic E-state index is 0.0653. The van der Waals surface area contributed by atoms with E-state index in [-0.39, 0.29) is 11.6 Å². The Hall–Kier alpha value is -0.520. The third kappa shape index (κ3) is 3.23. The largest absolute Gasteiger partial charge is 0.376 e. The molecule has 0 aromatic heterocycles. The molecule has 1 N–H and O–H groups in total. The minimum Gasteiger partial charge on any atom is -0.376 e. The summed E-state index contributed by atoms with van der Waals surface area (Å²) >= 11 is 0. The molecule has 2 nitrogen and oxygen atoms in total. The first-order valence-electron chi connectivity index (χ1n) is 6.53. The van der Waals surface area contributed by atoms with E-state index in [9.17, 15) is 0 Å². The van der Waals surface area contributed by atoms with Gasteiger partial charge in [0.25, 0.3) is 0 Å². The van der Waals surface area contributed by atoms with Crippen molar-refractivity contribution >= 4 is 0 Å². The van der Waals surface area contributed by atoms with Gasteiger partial charge in [0.2, 0.25) is 0 Å². The molecule has 1 saturated carbocycles. The van der Waals surface area contributed by atoms with E-state index in [1.807, 2.05) is 7.11 Å². The number of ether oxygens (including phenoxy) is 1. The highest BCUT2D eigenvalue weighted by molar-refractivity contribution is 5.11. The summed E-state index contributed by atoms with van der Waals surface area (Å²) in [7, 11) is 1.81. The molecule has 2 heteroatoms. The number of hydrogen-bond acceptors (Lipinski definition) is 2. The van der Waals surface area contributed by atoms with Crippen molar-refractivity contribution in [2.24, 2.45) is 0 Å². The van der Waals surface area contributed by atoms with Crippen molar-refractivity contribution < 1.29 is 4.74 Å². The zero-order valence-corrected chi connectivity index (χ0v) is 10.7. The van der Waals surface area contributed by atoms with E-state index in [0.29, 0.717) is 0 Å². The van der Waals surface area contributed by atoms with Gasteiger partial charge in [-0.05, 0) is 25.8 Å². The standard InChI is InChI=1S/C14H25NO/c1-4-12-15-13(5-2)14(16-3)10-8-6-7-9-11-14/h2,13,15H,4,6-12H2,1,3H3. The highest BCUT2D eigenvalue weighted by Crippen LogP contribution is 2.32. The van der Waals surface area contributed by atoms with Crippen LogP contribution in [0.3, 0.4) is 0 Å². The van der Waals surface area contributed by atoms with Crippen LogP contribution in [0.2, 0.25) is 0 Å². The second-order valence-electron chi connectivity index (χ2n) is 4.74. The molecule has 0 spiro atoms. The molecule has 0 amide bonds. The zero-order chi connectivity index (χ0) is 11.9. The maximum absolute atomic E-state index is 5.80. The van der Waals surface area contributed by atoms with Crippen molar-refractivity contribution in [2.75, 3.05) is 13.7 Å². The summed E-state index contributed by atoms with van der Waals surface area (Å²) in [5, 5.41) is 3.45. The van der Waals surface area contributed by atoms with Crippen molar-refractivity contribution in [2.45, 2.75) is 63.5 Å². The van der Waals surface area contributed by atoms with Gasteiger partial charge in [-0.2, -0.15) is 0 Å². The van der Waals surface area contributed by atoms with Crippen LogP contribution in [-0.2, 0) is 4.74 Å². The Labute approximate surface area is 100 Å². The molecule has 1 unspecified atom stereocenters. The smallest absolute Gasteiger partial charge is 0.0981 e. The van der Waals surface area contributed by atoms with Gasteiger partial charge in [-0.15, -0.1) is 6.42 Å². The second kappa shape index (κ2) is 6.93. The van der Waals surface area contributed by atoms with Crippen LogP contribution < -0.4 is 5.32 Å². The van der Waals surface area contributed by atoms with E-state index >= 15 is 0 Å². The van der Waals surface area contributed by atoms with E-state index in [0.717, 1.165) is 25.8 Å². The van der Waals surface area contributed by atoms with Gasteiger partial charge in [0.1, 0.15) is 0 Å². The maximum Gasteiger partial charge on any atom is 0.0981 e. The van der Waals surface area contributed by atoms with Crippen LogP contribution in [0, 0.1) is 12.3 Å². The summed E-state index contributed by atoms with van der Waals surface area (Å²) in [5.41, 5.74) is -0.125. The summed E-state index contributed by atoms with van der Waals surface area (Å²) in [6.07, 6.45) is 14.1. The molecule has 0 heterocycles. The fraction of sp³-hybridized carbons (Fsp3) is 0.857. The van der Waals surface area contributed by atoms with Crippen molar-refractivity contribution in [3.8, 4) is 12.3 Å². The van der Waals surface area contributed by atoms with Crippen molar-refractivity contribution in [1.82, 2.24) is 5.32 Å². The molecule has 92 valence electrons. The van der Waals surface area contributed by atoms with Crippen LogP contribution in [0.1, 0.15) is 51.9 Å². The Morgan fingerprint density at radius 1 is 1.31 bits per heavy atom. The lowest BCUT2D eigenvalue weighted by Crippen LogP contribution is -2.51. The Balaban J connectivity index is 2.70. The SMILES string of the molecule is C#CC(NCCC)C1(OC)CCCCCC1. The summed E-state index contributed by atoms with van der Waals surface area (Å²) in [6, 6.07) is 0.0653. The molecule has 0 aromatic rings. The van der Waals surface area contributed by atoms with Crippen LogP contribution >= 0.6 is 0 Å². The first-order chi connectivity index (χ1) is 7.79. The quantitative estimate of drug-likeness (QED) is 0.571. The highest BCUT2D eigenvalue weighted by atomic mass is 16.5. The molecule has 0 saturated heterocycles. The molecule has 1 atom stereocenters. The van der Waals surface area contributed by atoms with Crippen molar-refractivity contribution in [3.05, 3.63) is 0 Å². The number of terminal acetylenes is 1. The molecular formula is C14H25NO. The summed E-state index contributed by atoms with van der Waals surface area (Å²) < 4.78 is 5.80. The van der Waals surface area contributed by atoms with Crippen molar-refractivity contribution in [1.29, 1.82) is 0 Å². The zero-order valence-electron chi connectivity index (χ0n) is 10.7. The Morgan fingerprint density at radius 3 is 2.38 bits per heavy atom. The third-order valence-electron chi connectivity index (χ3n) is 3.65. The number of nitrogens with one attached hydrogen (secondary N) is 1. The second-order valence-corrected chi connectivity index (χ2v) is 4.74. The monoisotopic (exact) mass is 223 g/mol. The molecule has 1 fully saturated rings.